The monoisotopic (exact) mass is 367 g/mol. The van der Waals surface area contributed by atoms with Crippen LogP contribution in [0.5, 0.6) is 0 Å². The van der Waals surface area contributed by atoms with Crippen LogP contribution in [0.25, 0.3) is 5.52 Å². The van der Waals surface area contributed by atoms with Crippen molar-refractivity contribution in [2.24, 2.45) is 0 Å². The molecule has 3 aromatic rings. The van der Waals surface area contributed by atoms with Crippen LogP contribution in [0.15, 0.2) is 29.8 Å². The van der Waals surface area contributed by atoms with E-state index in [0.29, 0.717) is 22.2 Å². The summed E-state index contributed by atoms with van der Waals surface area (Å²) >= 11 is 1.29. The SMILES string of the molecule is N#Cc1sccc1NC(=O)c1ccc2cnc(N3CCCNCC3)nn12. The molecule has 1 aliphatic rings. The van der Waals surface area contributed by atoms with Crippen molar-refractivity contribution >= 4 is 34.4 Å². The topological polar surface area (TPSA) is 98.3 Å². The molecule has 4 rings (SSSR count). The third-order valence-corrected chi connectivity index (χ3v) is 5.08. The molecular weight excluding hydrogens is 350 g/mol. The third-order valence-electron chi connectivity index (χ3n) is 4.26. The molecule has 0 bridgehead atoms. The van der Waals surface area contributed by atoms with Gasteiger partial charge in [-0.3, -0.25) is 4.79 Å². The number of carbonyl (C=O) groups excluding carboxylic acids is 1. The maximum absolute atomic E-state index is 12.7. The zero-order valence-electron chi connectivity index (χ0n) is 14.0. The summed E-state index contributed by atoms with van der Waals surface area (Å²) < 4.78 is 1.61. The highest BCUT2D eigenvalue weighted by molar-refractivity contribution is 7.11. The minimum absolute atomic E-state index is 0.304. The first-order chi connectivity index (χ1) is 12.8. The van der Waals surface area contributed by atoms with Crippen molar-refractivity contribution in [1.82, 2.24) is 19.9 Å². The second-order valence-corrected chi connectivity index (χ2v) is 6.85. The van der Waals surface area contributed by atoms with Crippen LogP contribution < -0.4 is 15.5 Å². The molecule has 1 aliphatic heterocycles. The molecule has 1 saturated heterocycles. The van der Waals surface area contributed by atoms with Crippen molar-refractivity contribution in [3.05, 3.63) is 40.3 Å². The normalized spacial score (nSPS) is 14.8. The smallest absolute Gasteiger partial charge is 0.274 e. The molecule has 0 aliphatic carbocycles. The number of nitrogens with one attached hydrogen (secondary N) is 2. The summed E-state index contributed by atoms with van der Waals surface area (Å²) in [4.78, 5) is 19.7. The van der Waals surface area contributed by atoms with Gasteiger partial charge >= 0.3 is 0 Å². The standard InChI is InChI=1S/C17H17N7OS/c18-10-15-13(4-9-26-15)21-16(25)14-3-2-12-11-20-17(22-24(12)14)23-7-1-5-19-6-8-23/h2-4,9,11,19H,1,5-8H2,(H,21,25). The molecule has 0 saturated carbocycles. The lowest BCUT2D eigenvalue weighted by atomic mass is 10.3. The Morgan fingerprint density at radius 2 is 2.23 bits per heavy atom. The fourth-order valence-electron chi connectivity index (χ4n) is 2.94. The highest BCUT2D eigenvalue weighted by atomic mass is 32.1. The molecule has 2 N–H and O–H groups in total. The molecular formula is C17H17N7OS. The van der Waals surface area contributed by atoms with E-state index in [0.717, 1.165) is 38.1 Å². The van der Waals surface area contributed by atoms with Crippen molar-refractivity contribution in [3.8, 4) is 6.07 Å². The molecule has 1 amide bonds. The Hall–Kier alpha value is -2.96. The van der Waals surface area contributed by atoms with Crippen molar-refractivity contribution in [2.45, 2.75) is 6.42 Å². The van der Waals surface area contributed by atoms with Crippen LogP contribution in [0.2, 0.25) is 0 Å². The molecule has 3 aromatic heterocycles. The van der Waals surface area contributed by atoms with Crippen LogP contribution in [0.4, 0.5) is 11.6 Å². The van der Waals surface area contributed by atoms with Gasteiger partial charge in [-0.1, -0.05) is 0 Å². The second-order valence-electron chi connectivity index (χ2n) is 5.93. The van der Waals surface area contributed by atoms with Gasteiger partial charge in [0.1, 0.15) is 16.6 Å². The highest BCUT2D eigenvalue weighted by Gasteiger charge is 2.17. The number of anilines is 2. The summed E-state index contributed by atoms with van der Waals surface area (Å²) in [6, 6.07) is 7.32. The molecule has 26 heavy (non-hydrogen) atoms. The lowest BCUT2D eigenvalue weighted by Gasteiger charge is -2.19. The summed E-state index contributed by atoms with van der Waals surface area (Å²) in [5.74, 6) is 0.307. The van der Waals surface area contributed by atoms with E-state index in [2.05, 4.69) is 31.7 Å². The van der Waals surface area contributed by atoms with Gasteiger partial charge < -0.3 is 15.5 Å². The summed E-state index contributed by atoms with van der Waals surface area (Å²) in [5, 5.41) is 21.6. The summed E-state index contributed by atoms with van der Waals surface area (Å²) in [7, 11) is 0. The first-order valence-electron chi connectivity index (χ1n) is 8.35. The van der Waals surface area contributed by atoms with E-state index < -0.39 is 0 Å². The molecule has 9 heteroatoms. The Balaban J connectivity index is 1.64. The average Bonchev–Trinajstić information content (AvgIpc) is 3.19. The van der Waals surface area contributed by atoms with Crippen LogP contribution in [-0.2, 0) is 0 Å². The molecule has 1 fully saturated rings. The van der Waals surface area contributed by atoms with Crippen LogP contribution in [-0.4, -0.2) is 46.7 Å². The molecule has 8 nitrogen and oxygen atoms in total. The van der Waals surface area contributed by atoms with Crippen molar-refractivity contribution in [2.75, 3.05) is 36.4 Å². The number of rotatable bonds is 3. The van der Waals surface area contributed by atoms with Crippen LogP contribution >= 0.6 is 11.3 Å². The van der Waals surface area contributed by atoms with Crippen molar-refractivity contribution in [1.29, 1.82) is 5.26 Å². The summed E-state index contributed by atoms with van der Waals surface area (Å²) in [6.07, 6.45) is 2.75. The summed E-state index contributed by atoms with van der Waals surface area (Å²) in [5.41, 5.74) is 1.68. The zero-order chi connectivity index (χ0) is 17.9. The molecule has 0 aromatic carbocycles. The molecule has 4 heterocycles. The van der Waals surface area contributed by atoms with E-state index in [1.807, 2.05) is 6.07 Å². The maximum atomic E-state index is 12.7. The number of nitrogens with zero attached hydrogens (tertiary/aromatic N) is 5. The highest BCUT2D eigenvalue weighted by Crippen LogP contribution is 2.22. The van der Waals surface area contributed by atoms with E-state index in [9.17, 15) is 4.79 Å². The van der Waals surface area contributed by atoms with E-state index in [1.165, 1.54) is 11.3 Å². The first kappa shape index (κ1) is 16.5. The zero-order valence-corrected chi connectivity index (χ0v) is 14.8. The van der Waals surface area contributed by atoms with E-state index in [-0.39, 0.29) is 5.91 Å². The van der Waals surface area contributed by atoms with Gasteiger partial charge in [0.05, 0.1) is 17.4 Å². The van der Waals surface area contributed by atoms with Gasteiger partial charge in [0.15, 0.2) is 0 Å². The van der Waals surface area contributed by atoms with Gasteiger partial charge in [0, 0.05) is 19.6 Å². The van der Waals surface area contributed by atoms with Gasteiger partial charge in [0.2, 0.25) is 5.95 Å². The van der Waals surface area contributed by atoms with Gasteiger partial charge in [-0.25, -0.2) is 9.50 Å². The number of aromatic nitrogens is 3. The number of hydrogen-bond donors (Lipinski definition) is 2. The Labute approximate surface area is 154 Å². The molecule has 0 atom stereocenters. The number of carbonyl (C=O) groups is 1. The predicted octanol–water partition coefficient (Wildman–Crippen LogP) is 1.71. The fraction of sp³-hybridized carbons (Fsp3) is 0.294. The molecule has 0 spiro atoms. The lowest BCUT2D eigenvalue weighted by molar-refractivity contribution is 0.102. The number of thiophene rings is 1. The molecule has 0 radical (unpaired) electrons. The number of nitriles is 1. The largest absolute Gasteiger partial charge is 0.338 e. The number of amides is 1. The Bertz CT molecular complexity index is 979. The minimum atomic E-state index is -0.304. The van der Waals surface area contributed by atoms with Crippen LogP contribution in [0.3, 0.4) is 0 Å². The van der Waals surface area contributed by atoms with Gasteiger partial charge in [-0.05, 0) is 36.5 Å². The Morgan fingerprint density at radius 3 is 3.12 bits per heavy atom. The van der Waals surface area contributed by atoms with Gasteiger partial charge in [-0.2, -0.15) is 5.26 Å². The minimum Gasteiger partial charge on any atom is -0.338 e. The van der Waals surface area contributed by atoms with Gasteiger partial charge in [0.25, 0.3) is 5.91 Å². The lowest BCUT2D eigenvalue weighted by Crippen LogP contribution is -2.30. The number of fused-ring (bicyclic) bond motifs is 1. The summed E-state index contributed by atoms with van der Waals surface area (Å²) in [6.45, 7) is 3.57. The first-order valence-corrected chi connectivity index (χ1v) is 9.23. The van der Waals surface area contributed by atoms with E-state index in [4.69, 9.17) is 5.26 Å². The quantitative estimate of drug-likeness (QED) is 0.731. The van der Waals surface area contributed by atoms with Crippen LogP contribution in [0, 0.1) is 11.3 Å². The van der Waals surface area contributed by atoms with Gasteiger partial charge in [-0.15, -0.1) is 16.4 Å². The molecule has 132 valence electrons. The maximum Gasteiger partial charge on any atom is 0.274 e. The third kappa shape index (κ3) is 3.12. The average molecular weight is 367 g/mol. The van der Waals surface area contributed by atoms with Crippen molar-refractivity contribution < 1.29 is 4.79 Å². The van der Waals surface area contributed by atoms with E-state index in [1.54, 1.807) is 28.2 Å². The predicted molar refractivity (Wildman–Crippen MR) is 99.7 cm³/mol. The van der Waals surface area contributed by atoms with E-state index >= 15 is 0 Å². The second kappa shape index (κ2) is 7.11. The Morgan fingerprint density at radius 1 is 1.31 bits per heavy atom. The van der Waals surface area contributed by atoms with Crippen LogP contribution in [0.1, 0.15) is 21.8 Å². The fourth-order valence-corrected chi connectivity index (χ4v) is 3.58. The number of hydrogen-bond acceptors (Lipinski definition) is 7. The Kier molecular flexibility index (Phi) is 4.51. The molecule has 0 unspecified atom stereocenters. The van der Waals surface area contributed by atoms with Crippen molar-refractivity contribution in [3.63, 3.8) is 0 Å².